The fourth-order valence-electron chi connectivity index (χ4n) is 1.57. The van der Waals surface area contributed by atoms with Gasteiger partial charge in [-0.25, -0.2) is 0 Å². The first-order valence-electron chi connectivity index (χ1n) is 5.80. The Kier molecular flexibility index (Phi) is 5.17. The molecule has 0 radical (unpaired) electrons. The fourth-order valence-corrected chi connectivity index (χ4v) is 1.57. The second-order valence-corrected chi connectivity index (χ2v) is 4.32. The number of para-hydroxylation sites is 1. The van der Waals surface area contributed by atoms with Crippen molar-refractivity contribution in [2.75, 3.05) is 0 Å². The number of hydrogen-bond donors (Lipinski definition) is 0. The number of alkyl halides is 9. The minimum atomic E-state index is -5.71. The largest absolute Gasteiger partial charge is 0.421 e. The molecule has 0 saturated heterocycles. The van der Waals surface area contributed by atoms with Crippen LogP contribution < -0.4 is 0 Å². The highest BCUT2D eigenvalue weighted by Crippen LogP contribution is 2.39. The van der Waals surface area contributed by atoms with Crippen molar-refractivity contribution in [2.24, 2.45) is 4.99 Å². The van der Waals surface area contributed by atoms with Crippen molar-refractivity contribution in [2.45, 2.75) is 25.5 Å². The normalized spacial score (nSPS) is 13.9. The van der Waals surface area contributed by atoms with Gasteiger partial charge in [-0.05, 0) is 25.1 Å². The van der Waals surface area contributed by atoms with Gasteiger partial charge in [0.05, 0.1) is 11.3 Å². The molecule has 0 bridgehead atoms. The average molecular weight is 349 g/mol. The summed E-state index contributed by atoms with van der Waals surface area (Å²) in [5.74, 6) is 0. The molecule has 1 rings (SSSR count). The number of allylic oxidation sites excluding steroid dienone is 2. The van der Waals surface area contributed by atoms with Crippen molar-refractivity contribution in [3.8, 4) is 0 Å². The minimum Gasteiger partial charge on any atom is -0.253 e. The minimum absolute atomic E-state index is 0.340. The molecule has 0 aromatic heterocycles. The summed E-state index contributed by atoms with van der Waals surface area (Å²) >= 11 is 0. The molecule has 0 amide bonds. The Morgan fingerprint density at radius 1 is 0.870 bits per heavy atom. The van der Waals surface area contributed by atoms with Gasteiger partial charge in [0.2, 0.25) is 0 Å². The molecule has 0 fully saturated rings. The Morgan fingerprint density at radius 2 is 1.35 bits per heavy atom. The molecule has 0 aliphatic carbocycles. The van der Waals surface area contributed by atoms with Gasteiger partial charge < -0.3 is 0 Å². The van der Waals surface area contributed by atoms with Crippen LogP contribution >= 0.6 is 0 Å². The third-order valence-electron chi connectivity index (χ3n) is 2.47. The van der Waals surface area contributed by atoms with Gasteiger partial charge in [0, 0.05) is 5.71 Å². The van der Waals surface area contributed by atoms with E-state index in [2.05, 4.69) is 4.99 Å². The topological polar surface area (TPSA) is 12.4 Å². The number of rotatable bonds is 2. The molecule has 1 aromatic rings. The van der Waals surface area contributed by atoms with Crippen LogP contribution in [0, 0.1) is 0 Å². The van der Waals surface area contributed by atoms with E-state index in [0.29, 0.717) is 6.07 Å². The Balaban J connectivity index is 3.37. The van der Waals surface area contributed by atoms with Crippen LogP contribution in [0.4, 0.5) is 45.2 Å². The van der Waals surface area contributed by atoms with Crippen LogP contribution in [0.2, 0.25) is 0 Å². The van der Waals surface area contributed by atoms with Crippen molar-refractivity contribution < 1.29 is 39.5 Å². The van der Waals surface area contributed by atoms with Crippen molar-refractivity contribution in [1.29, 1.82) is 0 Å². The third kappa shape index (κ3) is 5.29. The molecular weight excluding hydrogens is 341 g/mol. The molecular formula is C13H8F9N. The van der Waals surface area contributed by atoms with Crippen LogP contribution in [0.1, 0.15) is 12.5 Å². The zero-order valence-electron chi connectivity index (χ0n) is 11.2. The lowest BCUT2D eigenvalue weighted by molar-refractivity contribution is -0.171. The van der Waals surface area contributed by atoms with E-state index >= 15 is 0 Å². The summed E-state index contributed by atoms with van der Waals surface area (Å²) in [6.45, 7) is 0.741. The highest BCUT2D eigenvalue weighted by atomic mass is 19.4. The number of nitrogens with zero attached hydrogens (tertiary/aromatic N) is 1. The van der Waals surface area contributed by atoms with Gasteiger partial charge >= 0.3 is 18.5 Å². The predicted molar refractivity (Wildman–Crippen MR) is 64.4 cm³/mol. The summed E-state index contributed by atoms with van der Waals surface area (Å²) in [6.07, 6.45) is -16.6. The smallest absolute Gasteiger partial charge is 0.253 e. The van der Waals surface area contributed by atoms with Crippen molar-refractivity contribution in [1.82, 2.24) is 0 Å². The molecule has 0 heterocycles. The maximum absolute atomic E-state index is 12.7. The summed E-state index contributed by atoms with van der Waals surface area (Å²) in [6, 6.07) is 3.59. The van der Waals surface area contributed by atoms with E-state index < -0.39 is 41.1 Å². The molecule has 23 heavy (non-hydrogen) atoms. The van der Waals surface area contributed by atoms with Gasteiger partial charge in [-0.1, -0.05) is 12.1 Å². The van der Waals surface area contributed by atoms with Crippen molar-refractivity contribution in [3.63, 3.8) is 0 Å². The quantitative estimate of drug-likeness (QED) is 0.469. The molecule has 0 unspecified atom stereocenters. The maximum atomic E-state index is 12.7. The Bertz CT molecular complexity index is 602. The molecule has 0 spiro atoms. The van der Waals surface area contributed by atoms with Gasteiger partial charge in [-0.15, -0.1) is 0 Å². The van der Waals surface area contributed by atoms with E-state index in [4.69, 9.17) is 0 Å². The average Bonchev–Trinajstić information content (AvgIpc) is 2.32. The van der Waals surface area contributed by atoms with E-state index in [9.17, 15) is 39.5 Å². The summed E-state index contributed by atoms with van der Waals surface area (Å²) in [5.41, 5.74) is -5.77. The van der Waals surface area contributed by atoms with Crippen LogP contribution in [-0.4, -0.2) is 18.1 Å². The SMILES string of the molecule is CC(C=C(C(F)(F)F)C(F)(F)F)=Nc1ccccc1C(F)(F)F. The van der Waals surface area contributed by atoms with Gasteiger partial charge in [0.1, 0.15) is 5.57 Å². The first-order valence-corrected chi connectivity index (χ1v) is 5.80. The molecule has 0 aliphatic rings. The highest BCUT2D eigenvalue weighted by molar-refractivity contribution is 5.95. The monoisotopic (exact) mass is 349 g/mol. The molecule has 1 aromatic carbocycles. The Morgan fingerprint density at radius 3 is 1.78 bits per heavy atom. The van der Waals surface area contributed by atoms with Gasteiger partial charge in [0.15, 0.2) is 0 Å². The first-order chi connectivity index (χ1) is 10.2. The van der Waals surface area contributed by atoms with E-state index in [1.807, 2.05) is 0 Å². The molecule has 1 nitrogen and oxygen atoms in total. The lowest BCUT2D eigenvalue weighted by Crippen LogP contribution is -2.26. The van der Waals surface area contributed by atoms with Crippen LogP contribution in [0.5, 0.6) is 0 Å². The van der Waals surface area contributed by atoms with Crippen LogP contribution in [0.3, 0.4) is 0 Å². The van der Waals surface area contributed by atoms with Crippen molar-refractivity contribution in [3.05, 3.63) is 41.5 Å². The Labute approximate surface area is 124 Å². The standard InChI is InChI=1S/C13H8F9N/c1-7(6-10(12(17,18)19)13(20,21)22)23-9-5-3-2-4-8(9)11(14,15)16/h2-6H,1H3. The third-order valence-corrected chi connectivity index (χ3v) is 2.47. The second kappa shape index (κ2) is 6.25. The summed E-state index contributed by atoms with van der Waals surface area (Å²) in [4.78, 5) is 3.21. The lowest BCUT2D eigenvalue weighted by atomic mass is 10.1. The highest BCUT2D eigenvalue weighted by Gasteiger charge is 2.50. The van der Waals surface area contributed by atoms with E-state index in [1.54, 1.807) is 0 Å². The summed E-state index contributed by atoms with van der Waals surface area (Å²) in [7, 11) is 0. The maximum Gasteiger partial charge on any atom is 0.421 e. The van der Waals surface area contributed by atoms with Crippen LogP contribution in [0.15, 0.2) is 40.9 Å². The predicted octanol–water partition coefficient (Wildman–Crippen LogP) is 5.85. The number of halogens is 9. The molecule has 128 valence electrons. The molecule has 10 heteroatoms. The zero-order chi connectivity index (χ0) is 18.1. The summed E-state index contributed by atoms with van der Waals surface area (Å²) in [5, 5.41) is 0. The number of benzene rings is 1. The van der Waals surface area contributed by atoms with Gasteiger partial charge in [-0.3, -0.25) is 4.99 Å². The van der Waals surface area contributed by atoms with Crippen LogP contribution in [0.25, 0.3) is 0 Å². The molecule has 0 aliphatic heterocycles. The molecule has 0 saturated carbocycles. The zero-order valence-corrected chi connectivity index (χ0v) is 11.2. The molecule has 0 atom stereocenters. The van der Waals surface area contributed by atoms with E-state index in [1.165, 1.54) is 0 Å². The van der Waals surface area contributed by atoms with E-state index in [0.717, 1.165) is 25.1 Å². The summed E-state index contributed by atoms with van der Waals surface area (Å²) < 4.78 is 112. The van der Waals surface area contributed by atoms with Crippen LogP contribution in [-0.2, 0) is 6.18 Å². The molecule has 0 N–H and O–H groups in total. The Hall–Kier alpha value is -2.00. The number of hydrogen-bond acceptors (Lipinski definition) is 1. The van der Waals surface area contributed by atoms with Gasteiger partial charge in [0.25, 0.3) is 0 Å². The number of aliphatic imine (C=N–C) groups is 1. The lowest BCUT2D eigenvalue weighted by Gasteiger charge is -2.15. The first kappa shape index (κ1) is 19.0. The van der Waals surface area contributed by atoms with E-state index in [-0.39, 0.29) is 6.08 Å². The van der Waals surface area contributed by atoms with Crippen molar-refractivity contribution >= 4 is 11.4 Å². The van der Waals surface area contributed by atoms with Gasteiger partial charge in [-0.2, -0.15) is 39.5 Å². The fraction of sp³-hybridized carbons (Fsp3) is 0.308. The second-order valence-electron chi connectivity index (χ2n) is 4.32.